The van der Waals surface area contributed by atoms with Gasteiger partial charge in [0.1, 0.15) is 0 Å². The fourth-order valence-corrected chi connectivity index (χ4v) is 2.74. The van der Waals surface area contributed by atoms with Gasteiger partial charge in [0.2, 0.25) is 0 Å². The second-order valence-electron chi connectivity index (χ2n) is 4.52. The molecule has 94 valence electrons. The molecule has 1 unspecified atom stereocenters. The van der Waals surface area contributed by atoms with Crippen molar-refractivity contribution in [2.24, 2.45) is 5.92 Å². The van der Waals surface area contributed by atoms with Crippen molar-refractivity contribution in [2.45, 2.75) is 25.4 Å². The van der Waals surface area contributed by atoms with Gasteiger partial charge in [0.15, 0.2) is 0 Å². The fourth-order valence-electron chi connectivity index (χ4n) is 1.92. The lowest BCUT2D eigenvalue weighted by atomic mass is 10.2. The van der Waals surface area contributed by atoms with Gasteiger partial charge in [-0.2, -0.15) is 8.42 Å². The summed E-state index contributed by atoms with van der Waals surface area (Å²) in [6.45, 7) is 0.581. The molecule has 0 aliphatic heterocycles. The van der Waals surface area contributed by atoms with Crippen LogP contribution in [0.2, 0.25) is 0 Å². The Morgan fingerprint density at radius 2 is 1.94 bits per heavy atom. The number of hydrogen-bond acceptors (Lipinski definition) is 3. The highest BCUT2D eigenvalue weighted by Gasteiger charge is 2.34. The first kappa shape index (κ1) is 12.5. The van der Waals surface area contributed by atoms with Crippen molar-refractivity contribution in [2.75, 3.05) is 5.75 Å². The van der Waals surface area contributed by atoms with Crippen LogP contribution < -0.4 is 5.32 Å². The Hall–Kier alpha value is -0.940. The molecule has 1 aliphatic rings. The normalized spacial score (nSPS) is 17.9. The summed E-state index contributed by atoms with van der Waals surface area (Å²) < 4.78 is 34.0. The molecule has 1 fully saturated rings. The van der Waals surface area contributed by atoms with E-state index in [9.17, 15) is 12.3 Å². The van der Waals surface area contributed by atoms with E-state index in [4.69, 9.17) is 0 Å². The van der Waals surface area contributed by atoms with Crippen LogP contribution in [-0.4, -0.2) is 20.2 Å². The zero-order chi connectivity index (χ0) is 12.3. The molecule has 1 atom stereocenters. The lowest BCUT2D eigenvalue weighted by Crippen LogP contribution is -2.36. The van der Waals surface area contributed by atoms with E-state index < -0.39 is 16.0 Å². The highest BCUT2D eigenvalue weighted by Crippen LogP contribution is 2.33. The van der Waals surface area contributed by atoms with Crippen molar-refractivity contribution >= 4 is 10.2 Å². The molecule has 1 aliphatic carbocycles. The van der Waals surface area contributed by atoms with Gasteiger partial charge in [-0.15, -0.1) is 3.89 Å². The largest absolute Gasteiger partial charge is 0.309 e. The van der Waals surface area contributed by atoms with Gasteiger partial charge in [-0.25, -0.2) is 0 Å². The van der Waals surface area contributed by atoms with E-state index in [0.29, 0.717) is 12.5 Å². The Balaban J connectivity index is 1.90. The van der Waals surface area contributed by atoms with Crippen LogP contribution >= 0.6 is 0 Å². The Morgan fingerprint density at radius 1 is 1.29 bits per heavy atom. The van der Waals surface area contributed by atoms with Gasteiger partial charge in [0, 0.05) is 12.6 Å². The predicted molar refractivity (Wildman–Crippen MR) is 64.7 cm³/mol. The van der Waals surface area contributed by atoms with E-state index in [1.807, 2.05) is 30.3 Å². The first-order chi connectivity index (χ1) is 8.04. The summed E-state index contributed by atoms with van der Waals surface area (Å²) in [4.78, 5) is 0. The first-order valence-corrected chi connectivity index (χ1v) is 7.29. The average molecular weight is 257 g/mol. The maximum Gasteiger partial charge on any atom is 0.303 e. The minimum Gasteiger partial charge on any atom is -0.309 e. The molecular formula is C12H16FNO2S. The third-order valence-corrected chi connectivity index (χ3v) is 3.74. The molecule has 1 saturated carbocycles. The highest BCUT2D eigenvalue weighted by molar-refractivity contribution is 7.86. The van der Waals surface area contributed by atoms with Crippen molar-refractivity contribution in [3.63, 3.8) is 0 Å². The van der Waals surface area contributed by atoms with Crippen LogP contribution in [0.1, 0.15) is 18.4 Å². The summed E-state index contributed by atoms with van der Waals surface area (Å²) in [7, 11) is -4.40. The summed E-state index contributed by atoms with van der Waals surface area (Å²) in [6, 6.07) is 9.44. The molecule has 0 spiro atoms. The Kier molecular flexibility index (Phi) is 3.79. The number of rotatable bonds is 6. The molecule has 0 radical (unpaired) electrons. The molecule has 1 aromatic rings. The second kappa shape index (κ2) is 5.14. The maximum atomic E-state index is 12.7. The van der Waals surface area contributed by atoms with Gasteiger partial charge in [0.25, 0.3) is 0 Å². The van der Waals surface area contributed by atoms with Crippen molar-refractivity contribution in [3.8, 4) is 0 Å². The van der Waals surface area contributed by atoms with Crippen LogP contribution in [0.15, 0.2) is 30.3 Å². The summed E-state index contributed by atoms with van der Waals surface area (Å²) in [5.41, 5.74) is 1.08. The molecule has 2 rings (SSSR count). The zero-order valence-corrected chi connectivity index (χ0v) is 10.3. The van der Waals surface area contributed by atoms with Gasteiger partial charge in [0.05, 0.1) is 5.75 Å². The maximum absolute atomic E-state index is 12.7. The minimum absolute atomic E-state index is 0.259. The first-order valence-electron chi connectivity index (χ1n) is 5.74. The van der Waals surface area contributed by atoms with Gasteiger partial charge >= 0.3 is 10.2 Å². The minimum atomic E-state index is -4.40. The average Bonchev–Trinajstić information content (AvgIpc) is 3.08. The van der Waals surface area contributed by atoms with Crippen LogP contribution in [0.4, 0.5) is 3.89 Å². The lowest BCUT2D eigenvalue weighted by Gasteiger charge is -2.16. The molecule has 0 amide bonds. The standard InChI is InChI=1S/C12H16FNO2S/c13-17(15,16)9-12(11-6-7-11)14-8-10-4-2-1-3-5-10/h1-5,11-12,14H,6-9H2. The van der Waals surface area contributed by atoms with E-state index in [2.05, 4.69) is 5.32 Å². The summed E-state index contributed by atoms with van der Waals surface area (Å²) in [6.07, 6.45) is 1.98. The molecular weight excluding hydrogens is 241 g/mol. The third kappa shape index (κ3) is 4.44. The van der Waals surface area contributed by atoms with Gasteiger partial charge < -0.3 is 5.32 Å². The second-order valence-corrected chi connectivity index (χ2v) is 5.93. The van der Waals surface area contributed by atoms with E-state index in [0.717, 1.165) is 18.4 Å². The number of hydrogen-bond donors (Lipinski definition) is 1. The number of benzene rings is 1. The SMILES string of the molecule is O=S(=O)(F)CC(NCc1ccccc1)C1CC1. The molecule has 0 aromatic heterocycles. The zero-order valence-electron chi connectivity index (χ0n) is 9.47. The van der Waals surface area contributed by atoms with Gasteiger partial charge in [-0.1, -0.05) is 30.3 Å². The van der Waals surface area contributed by atoms with Crippen molar-refractivity contribution in [3.05, 3.63) is 35.9 Å². The molecule has 5 heteroatoms. The van der Waals surface area contributed by atoms with Crippen molar-refractivity contribution in [1.82, 2.24) is 5.32 Å². The summed E-state index contributed by atoms with van der Waals surface area (Å²) in [5.74, 6) is -0.103. The van der Waals surface area contributed by atoms with E-state index >= 15 is 0 Å². The van der Waals surface area contributed by atoms with E-state index in [-0.39, 0.29) is 6.04 Å². The lowest BCUT2D eigenvalue weighted by molar-refractivity contribution is 0.476. The van der Waals surface area contributed by atoms with Crippen molar-refractivity contribution in [1.29, 1.82) is 0 Å². The monoisotopic (exact) mass is 257 g/mol. The molecule has 0 bridgehead atoms. The van der Waals surface area contributed by atoms with Gasteiger partial charge in [-0.3, -0.25) is 0 Å². The predicted octanol–water partition coefficient (Wildman–Crippen LogP) is 1.85. The molecule has 0 heterocycles. The Bertz CT molecular complexity index is 457. The summed E-state index contributed by atoms with van der Waals surface area (Å²) in [5, 5.41) is 3.14. The summed E-state index contributed by atoms with van der Waals surface area (Å²) >= 11 is 0. The number of halogens is 1. The smallest absolute Gasteiger partial charge is 0.303 e. The fraction of sp³-hybridized carbons (Fsp3) is 0.500. The van der Waals surface area contributed by atoms with Crippen LogP contribution in [0, 0.1) is 5.92 Å². The topological polar surface area (TPSA) is 46.2 Å². The quantitative estimate of drug-likeness (QED) is 0.791. The van der Waals surface area contributed by atoms with E-state index in [1.54, 1.807) is 0 Å². The highest BCUT2D eigenvalue weighted by atomic mass is 32.3. The van der Waals surface area contributed by atoms with Crippen LogP contribution in [0.3, 0.4) is 0 Å². The van der Waals surface area contributed by atoms with Gasteiger partial charge in [-0.05, 0) is 24.3 Å². The van der Waals surface area contributed by atoms with Crippen LogP contribution in [0.25, 0.3) is 0 Å². The van der Waals surface area contributed by atoms with Crippen molar-refractivity contribution < 1.29 is 12.3 Å². The number of nitrogens with one attached hydrogen (secondary N) is 1. The molecule has 3 nitrogen and oxygen atoms in total. The molecule has 0 saturated heterocycles. The van der Waals surface area contributed by atoms with Crippen LogP contribution in [0.5, 0.6) is 0 Å². The Labute approximate surface area is 101 Å². The molecule has 17 heavy (non-hydrogen) atoms. The Morgan fingerprint density at radius 3 is 2.47 bits per heavy atom. The molecule has 1 aromatic carbocycles. The van der Waals surface area contributed by atoms with Crippen LogP contribution in [-0.2, 0) is 16.8 Å². The molecule has 1 N–H and O–H groups in total. The third-order valence-electron chi connectivity index (χ3n) is 2.98. The van der Waals surface area contributed by atoms with E-state index in [1.165, 1.54) is 0 Å².